The number of likely N-dealkylation sites (N-methyl/N-ethyl adjacent to an activating group) is 1. The van der Waals surface area contributed by atoms with Gasteiger partial charge in [0, 0.05) is 28.7 Å². The Labute approximate surface area is 119 Å². The van der Waals surface area contributed by atoms with Crippen molar-refractivity contribution in [1.82, 2.24) is 10.2 Å². The summed E-state index contributed by atoms with van der Waals surface area (Å²) < 4.78 is 0. The molecule has 0 radical (unpaired) electrons. The minimum Gasteiger partial charge on any atom is -0.318 e. The van der Waals surface area contributed by atoms with E-state index < -0.39 is 0 Å². The summed E-state index contributed by atoms with van der Waals surface area (Å²) >= 11 is 12.3. The summed E-state index contributed by atoms with van der Waals surface area (Å²) in [5.41, 5.74) is 1.17. The van der Waals surface area contributed by atoms with Crippen LogP contribution < -0.4 is 5.32 Å². The number of nitrogens with one attached hydrogen (secondary N) is 1. The molecule has 2 nitrogen and oxygen atoms in total. The molecule has 1 aliphatic heterocycles. The van der Waals surface area contributed by atoms with E-state index in [4.69, 9.17) is 23.2 Å². The Balaban J connectivity index is 2.17. The molecule has 18 heavy (non-hydrogen) atoms. The Morgan fingerprint density at radius 2 is 2.22 bits per heavy atom. The summed E-state index contributed by atoms with van der Waals surface area (Å²) in [6.45, 7) is 4.41. The second-order valence-electron chi connectivity index (χ2n) is 4.93. The first-order valence-electron chi connectivity index (χ1n) is 6.48. The second-order valence-corrected chi connectivity index (χ2v) is 5.78. The fourth-order valence-corrected chi connectivity index (χ4v) is 3.41. The summed E-state index contributed by atoms with van der Waals surface area (Å²) in [5.74, 6) is 0. The van der Waals surface area contributed by atoms with Crippen LogP contribution in [0.15, 0.2) is 18.2 Å². The van der Waals surface area contributed by atoms with Crippen molar-refractivity contribution in [2.45, 2.75) is 31.8 Å². The first kappa shape index (κ1) is 14.1. The maximum atomic E-state index is 6.30. The molecule has 1 aromatic carbocycles. The molecule has 1 aliphatic rings. The third-order valence-corrected chi connectivity index (χ3v) is 4.33. The van der Waals surface area contributed by atoms with Gasteiger partial charge in [0.25, 0.3) is 0 Å². The highest BCUT2D eigenvalue weighted by atomic mass is 35.5. The van der Waals surface area contributed by atoms with Gasteiger partial charge in [-0.2, -0.15) is 0 Å². The van der Waals surface area contributed by atoms with Crippen LogP contribution in [-0.4, -0.2) is 31.1 Å². The van der Waals surface area contributed by atoms with Crippen molar-refractivity contribution in [2.24, 2.45) is 0 Å². The summed E-state index contributed by atoms with van der Waals surface area (Å²) in [7, 11) is 2.01. The average molecular weight is 287 g/mol. The molecule has 0 spiro atoms. The minimum absolute atomic E-state index is 0.343. The lowest BCUT2D eigenvalue weighted by Gasteiger charge is -2.31. The molecule has 0 saturated carbocycles. The van der Waals surface area contributed by atoms with Crippen molar-refractivity contribution in [3.63, 3.8) is 0 Å². The predicted molar refractivity (Wildman–Crippen MR) is 78.5 cm³/mol. The van der Waals surface area contributed by atoms with Crippen LogP contribution in [0, 0.1) is 0 Å². The molecule has 0 aliphatic carbocycles. The normalized spacial score (nSPS) is 22.3. The van der Waals surface area contributed by atoms with Crippen LogP contribution in [0.4, 0.5) is 0 Å². The lowest BCUT2D eigenvalue weighted by Crippen LogP contribution is -2.38. The van der Waals surface area contributed by atoms with Crippen molar-refractivity contribution >= 4 is 23.2 Å². The van der Waals surface area contributed by atoms with Gasteiger partial charge in [-0.25, -0.2) is 0 Å². The molecule has 2 unspecified atom stereocenters. The van der Waals surface area contributed by atoms with E-state index in [1.807, 2.05) is 25.2 Å². The van der Waals surface area contributed by atoms with Crippen LogP contribution in [-0.2, 0) is 0 Å². The molecule has 0 bridgehead atoms. The first-order valence-corrected chi connectivity index (χ1v) is 7.24. The van der Waals surface area contributed by atoms with Gasteiger partial charge in [0.2, 0.25) is 0 Å². The maximum absolute atomic E-state index is 6.30. The number of benzene rings is 1. The standard InChI is InChI=1S/C14H20Cl2N2/c1-10(13-6-5-11(15)8-14(13)16)18-7-3-4-12(18)9-17-2/h5-6,8,10,12,17H,3-4,7,9H2,1-2H3. The zero-order chi connectivity index (χ0) is 13.1. The zero-order valence-corrected chi connectivity index (χ0v) is 12.4. The van der Waals surface area contributed by atoms with Crippen LogP contribution in [0.3, 0.4) is 0 Å². The van der Waals surface area contributed by atoms with Gasteiger partial charge >= 0.3 is 0 Å². The average Bonchev–Trinajstić information content (AvgIpc) is 2.77. The van der Waals surface area contributed by atoms with Crippen LogP contribution in [0.2, 0.25) is 10.0 Å². The molecule has 1 fully saturated rings. The van der Waals surface area contributed by atoms with Gasteiger partial charge in [0.1, 0.15) is 0 Å². The van der Waals surface area contributed by atoms with Crippen LogP contribution in [0.5, 0.6) is 0 Å². The minimum atomic E-state index is 0.343. The summed E-state index contributed by atoms with van der Waals surface area (Å²) in [6, 6.07) is 6.75. The molecule has 0 aromatic heterocycles. The molecule has 1 heterocycles. The quantitative estimate of drug-likeness (QED) is 0.907. The highest BCUT2D eigenvalue weighted by molar-refractivity contribution is 6.35. The van der Waals surface area contributed by atoms with Gasteiger partial charge in [0.15, 0.2) is 0 Å². The van der Waals surface area contributed by atoms with Crippen molar-refractivity contribution < 1.29 is 0 Å². The van der Waals surface area contributed by atoms with E-state index in [0.29, 0.717) is 17.1 Å². The van der Waals surface area contributed by atoms with Crippen molar-refractivity contribution in [3.05, 3.63) is 33.8 Å². The van der Waals surface area contributed by atoms with Gasteiger partial charge in [-0.3, -0.25) is 4.90 Å². The van der Waals surface area contributed by atoms with Gasteiger partial charge in [-0.05, 0) is 51.1 Å². The number of likely N-dealkylation sites (tertiary alicyclic amines) is 1. The van der Waals surface area contributed by atoms with Crippen LogP contribution >= 0.6 is 23.2 Å². The number of rotatable bonds is 4. The van der Waals surface area contributed by atoms with E-state index in [-0.39, 0.29) is 0 Å². The van der Waals surface area contributed by atoms with E-state index in [0.717, 1.165) is 18.1 Å². The second kappa shape index (κ2) is 6.25. The highest BCUT2D eigenvalue weighted by Crippen LogP contribution is 2.33. The predicted octanol–water partition coefficient (Wildman–Crippen LogP) is 3.74. The zero-order valence-electron chi connectivity index (χ0n) is 10.9. The third kappa shape index (κ3) is 3.00. The lowest BCUT2D eigenvalue weighted by atomic mass is 10.1. The largest absolute Gasteiger partial charge is 0.318 e. The monoisotopic (exact) mass is 286 g/mol. The third-order valence-electron chi connectivity index (χ3n) is 3.77. The summed E-state index contributed by atoms with van der Waals surface area (Å²) in [5, 5.41) is 4.74. The van der Waals surface area contributed by atoms with E-state index >= 15 is 0 Å². The summed E-state index contributed by atoms with van der Waals surface area (Å²) in [4.78, 5) is 2.53. The molecular weight excluding hydrogens is 267 g/mol. The van der Waals surface area contributed by atoms with Crippen LogP contribution in [0.25, 0.3) is 0 Å². The fourth-order valence-electron chi connectivity index (χ4n) is 2.84. The molecular formula is C14H20Cl2N2. The van der Waals surface area contributed by atoms with E-state index in [1.165, 1.54) is 18.4 Å². The molecule has 100 valence electrons. The van der Waals surface area contributed by atoms with Gasteiger partial charge in [-0.15, -0.1) is 0 Å². The van der Waals surface area contributed by atoms with E-state index in [9.17, 15) is 0 Å². The summed E-state index contributed by atoms with van der Waals surface area (Å²) in [6.07, 6.45) is 2.53. The van der Waals surface area contributed by atoms with Gasteiger partial charge < -0.3 is 5.32 Å². The molecule has 2 rings (SSSR count). The van der Waals surface area contributed by atoms with E-state index in [2.05, 4.69) is 17.1 Å². The fraction of sp³-hybridized carbons (Fsp3) is 0.571. The lowest BCUT2D eigenvalue weighted by molar-refractivity contribution is 0.191. The Kier molecular flexibility index (Phi) is 4.91. The molecule has 1 N–H and O–H groups in total. The SMILES string of the molecule is CNCC1CCCN1C(C)c1ccc(Cl)cc1Cl. The Morgan fingerprint density at radius 3 is 2.89 bits per heavy atom. The number of nitrogens with zero attached hydrogens (tertiary/aromatic N) is 1. The Hall–Kier alpha value is -0.280. The number of hydrogen-bond donors (Lipinski definition) is 1. The van der Waals surface area contributed by atoms with Gasteiger partial charge in [-0.1, -0.05) is 29.3 Å². The topological polar surface area (TPSA) is 15.3 Å². The van der Waals surface area contributed by atoms with Crippen molar-refractivity contribution in [1.29, 1.82) is 0 Å². The van der Waals surface area contributed by atoms with Crippen molar-refractivity contribution in [3.8, 4) is 0 Å². The molecule has 4 heteroatoms. The molecule has 2 atom stereocenters. The van der Waals surface area contributed by atoms with Gasteiger partial charge in [0.05, 0.1) is 0 Å². The van der Waals surface area contributed by atoms with E-state index in [1.54, 1.807) is 0 Å². The maximum Gasteiger partial charge on any atom is 0.0468 e. The van der Waals surface area contributed by atoms with Crippen molar-refractivity contribution in [2.75, 3.05) is 20.1 Å². The molecule has 0 amide bonds. The number of hydrogen-bond acceptors (Lipinski definition) is 2. The molecule has 1 aromatic rings. The number of halogens is 2. The smallest absolute Gasteiger partial charge is 0.0468 e. The highest BCUT2D eigenvalue weighted by Gasteiger charge is 2.29. The Morgan fingerprint density at radius 1 is 1.44 bits per heavy atom. The molecule has 1 saturated heterocycles. The first-order chi connectivity index (χ1) is 8.63. The Bertz CT molecular complexity index is 409. The van der Waals surface area contributed by atoms with Crippen LogP contribution in [0.1, 0.15) is 31.4 Å².